The van der Waals surface area contributed by atoms with Gasteiger partial charge in [0.1, 0.15) is 5.82 Å². The fraction of sp³-hybridized carbons (Fsp3) is 0.0714. The predicted molar refractivity (Wildman–Crippen MR) is 78.4 cm³/mol. The van der Waals surface area contributed by atoms with Gasteiger partial charge < -0.3 is 15.8 Å². The quantitative estimate of drug-likeness (QED) is 0.395. The van der Waals surface area contributed by atoms with E-state index in [1.54, 1.807) is 48.3 Å². The number of para-hydroxylation sites is 1. The van der Waals surface area contributed by atoms with Crippen LogP contribution in [0.2, 0.25) is 5.02 Å². The van der Waals surface area contributed by atoms with Crippen LogP contribution < -0.4 is 10.6 Å². The summed E-state index contributed by atoms with van der Waals surface area (Å²) in [4.78, 5) is 1.61. The number of halogens is 2. The number of rotatable bonds is 3. The molecule has 0 aromatic heterocycles. The molecule has 3 N–H and O–H groups in total. The fourth-order valence-electron chi connectivity index (χ4n) is 1.91. The van der Waals surface area contributed by atoms with Gasteiger partial charge in [-0.15, -0.1) is 0 Å². The molecule has 0 saturated carbocycles. The van der Waals surface area contributed by atoms with Crippen molar-refractivity contribution in [3.63, 3.8) is 0 Å². The molecule has 0 saturated heterocycles. The molecular weight excluding hydrogens is 281 g/mol. The van der Waals surface area contributed by atoms with Gasteiger partial charge in [-0.1, -0.05) is 28.9 Å². The third kappa shape index (κ3) is 2.67. The van der Waals surface area contributed by atoms with Gasteiger partial charge in [0, 0.05) is 17.6 Å². The summed E-state index contributed by atoms with van der Waals surface area (Å²) >= 11 is 5.92. The second-order valence-corrected chi connectivity index (χ2v) is 4.59. The second kappa shape index (κ2) is 5.79. The molecule has 4 nitrogen and oxygen atoms in total. The summed E-state index contributed by atoms with van der Waals surface area (Å²) in [5, 5.41) is 12.3. The zero-order valence-corrected chi connectivity index (χ0v) is 11.5. The highest BCUT2D eigenvalue weighted by atomic mass is 35.5. The molecule has 0 heterocycles. The molecule has 0 fully saturated rings. The number of amidine groups is 1. The number of oxime groups is 1. The normalized spacial score (nSPS) is 11.4. The molecule has 6 heteroatoms. The first-order chi connectivity index (χ1) is 9.54. The summed E-state index contributed by atoms with van der Waals surface area (Å²) in [5.74, 6) is -0.457. The van der Waals surface area contributed by atoms with Crippen molar-refractivity contribution in [3.8, 4) is 0 Å². The standard InChI is InChI=1S/C14H13ClFN3O/c1-19(13-5-3-2-4-11(13)16)12-7-6-9(15)8-10(12)14(17)18-20/h2-8,20H,1H3,(H2,17,18). The molecule has 2 aromatic carbocycles. The molecule has 2 rings (SSSR count). The average Bonchev–Trinajstić information content (AvgIpc) is 2.46. The molecule has 0 amide bonds. The Morgan fingerprint density at radius 1 is 1.25 bits per heavy atom. The van der Waals surface area contributed by atoms with E-state index >= 15 is 0 Å². The molecule has 0 unspecified atom stereocenters. The van der Waals surface area contributed by atoms with E-state index in [0.717, 1.165) is 0 Å². The van der Waals surface area contributed by atoms with E-state index in [-0.39, 0.29) is 11.7 Å². The summed E-state index contributed by atoms with van der Waals surface area (Å²) in [5.41, 5.74) is 7.02. The first-order valence-electron chi connectivity index (χ1n) is 5.80. The fourth-order valence-corrected chi connectivity index (χ4v) is 2.09. The lowest BCUT2D eigenvalue weighted by Crippen LogP contribution is -2.20. The topological polar surface area (TPSA) is 61.8 Å². The van der Waals surface area contributed by atoms with Gasteiger partial charge in [0.25, 0.3) is 0 Å². The lowest BCUT2D eigenvalue weighted by molar-refractivity contribution is 0.318. The lowest BCUT2D eigenvalue weighted by Gasteiger charge is -2.22. The van der Waals surface area contributed by atoms with Crippen LogP contribution >= 0.6 is 11.6 Å². The van der Waals surface area contributed by atoms with E-state index in [4.69, 9.17) is 22.5 Å². The van der Waals surface area contributed by atoms with Crippen molar-refractivity contribution < 1.29 is 9.60 Å². The van der Waals surface area contributed by atoms with Crippen molar-refractivity contribution in [1.82, 2.24) is 0 Å². The molecule has 104 valence electrons. The number of nitrogens with two attached hydrogens (primary N) is 1. The second-order valence-electron chi connectivity index (χ2n) is 4.16. The third-order valence-corrected chi connectivity index (χ3v) is 3.15. The number of anilines is 2. The first-order valence-corrected chi connectivity index (χ1v) is 6.18. The van der Waals surface area contributed by atoms with E-state index < -0.39 is 0 Å². The summed E-state index contributed by atoms with van der Waals surface area (Å²) in [6.45, 7) is 0. The molecule has 0 atom stereocenters. The Morgan fingerprint density at radius 2 is 1.95 bits per heavy atom. The number of hydrogen-bond acceptors (Lipinski definition) is 3. The van der Waals surface area contributed by atoms with Gasteiger partial charge in [-0.05, 0) is 30.3 Å². The molecule has 20 heavy (non-hydrogen) atoms. The largest absolute Gasteiger partial charge is 0.409 e. The van der Waals surface area contributed by atoms with Crippen molar-refractivity contribution in [2.45, 2.75) is 0 Å². The Morgan fingerprint density at radius 3 is 2.60 bits per heavy atom. The Bertz CT molecular complexity index is 661. The van der Waals surface area contributed by atoms with Gasteiger partial charge in [-0.2, -0.15) is 0 Å². The number of benzene rings is 2. The van der Waals surface area contributed by atoms with E-state index in [0.29, 0.717) is 22.0 Å². The molecule has 0 aliphatic heterocycles. The van der Waals surface area contributed by atoms with Crippen LogP contribution in [0.5, 0.6) is 0 Å². The van der Waals surface area contributed by atoms with Crippen molar-refractivity contribution in [3.05, 3.63) is 58.9 Å². The van der Waals surface area contributed by atoms with Gasteiger partial charge in [-0.3, -0.25) is 0 Å². The van der Waals surface area contributed by atoms with Crippen molar-refractivity contribution in [2.75, 3.05) is 11.9 Å². The zero-order chi connectivity index (χ0) is 14.7. The monoisotopic (exact) mass is 293 g/mol. The van der Waals surface area contributed by atoms with Gasteiger partial charge in [-0.25, -0.2) is 4.39 Å². The molecule has 0 radical (unpaired) electrons. The van der Waals surface area contributed by atoms with Crippen LogP contribution in [0.4, 0.5) is 15.8 Å². The summed E-state index contributed by atoms with van der Waals surface area (Å²) < 4.78 is 13.8. The van der Waals surface area contributed by atoms with Gasteiger partial charge >= 0.3 is 0 Å². The van der Waals surface area contributed by atoms with Crippen LogP contribution in [0.1, 0.15) is 5.56 Å². The average molecular weight is 294 g/mol. The number of hydrogen-bond donors (Lipinski definition) is 2. The van der Waals surface area contributed by atoms with E-state index in [1.165, 1.54) is 6.07 Å². The Hall–Kier alpha value is -2.27. The van der Waals surface area contributed by atoms with Gasteiger partial charge in [0.15, 0.2) is 5.84 Å². The SMILES string of the molecule is CN(c1ccccc1F)c1ccc(Cl)cc1C(N)=NO. The van der Waals surface area contributed by atoms with Crippen LogP contribution in [0.15, 0.2) is 47.6 Å². The van der Waals surface area contributed by atoms with E-state index in [1.807, 2.05) is 0 Å². The Kier molecular flexibility index (Phi) is 4.10. The summed E-state index contributed by atoms with van der Waals surface area (Å²) in [6.07, 6.45) is 0. The predicted octanol–water partition coefficient (Wildman–Crippen LogP) is 3.34. The van der Waals surface area contributed by atoms with E-state index in [2.05, 4.69) is 5.16 Å². The molecule has 2 aromatic rings. The minimum atomic E-state index is -0.365. The van der Waals surface area contributed by atoms with Gasteiger partial charge in [0.05, 0.1) is 11.4 Å². The molecule has 0 bridgehead atoms. The van der Waals surface area contributed by atoms with Crippen LogP contribution in [0.3, 0.4) is 0 Å². The third-order valence-electron chi connectivity index (χ3n) is 2.92. The van der Waals surface area contributed by atoms with Crippen LogP contribution in [-0.4, -0.2) is 18.1 Å². The first kappa shape index (κ1) is 14.1. The van der Waals surface area contributed by atoms with Crippen LogP contribution in [0.25, 0.3) is 0 Å². The Labute approximate surface area is 120 Å². The minimum absolute atomic E-state index is 0.0920. The maximum absolute atomic E-state index is 13.8. The highest BCUT2D eigenvalue weighted by molar-refractivity contribution is 6.31. The number of nitrogens with zero attached hydrogens (tertiary/aromatic N) is 2. The highest BCUT2D eigenvalue weighted by Crippen LogP contribution is 2.30. The highest BCUT2D eigenvalue weighted by Gasteiger charge is 2.15. The van der Waals surface area contributed by atoms with Crippen LogP contribution in [0, 0.1) is 5.82 Å². The van der Waals surface area contributed by atoms with Crippen molar-refractivity contribution >= 4 is 28.8 Å². The smallest absolute Gasteiger partial charge is 0.172 e. The Balaban J connectivity index is 2.55. The molecule has 0 aliphatic rings. The maximum atomic E-state index is 13.8. The lowest BCUT2D eigenvalue weighted by atomic mass is 10.1. The van der Waals surface area contributed by atoms with E-state index in [9.17, 15) is 4.39 Å². The minimum Gasteiger partial charge on any atom is -0.409 e. The van der Waals surface area contributed by atoms with Crippen molar-refractivity contribution in [2.24, 2.45) is 10.9 Å². The van der Waals surface area contributed by atoms with Crippen molar-refractivity contribution in [1.29, 1.82) is 0 Å². The summed E-state index contributed by atoms with van der Waals surface area (Å²) in [6, 6.07) is 11.2. The molecular formula is C14H13ClFN3O. The van der Waals surface area contributed by atoms with Gasteiger partial charge in [0.2, 0.25) is 0 Å². The molecule has 0 spiro atoms. The maximum Gasteiger partial charge on any atom is 0.172 e. The zero-order valence-electron chi connectivity index (χ0n) is 10.7. The summed E-state index contributed by atoms with van der Waals surface area (Å²) in [7, 11) is 1.69. The molecule has 0 aliphatic carbocycles. The van der Waals surface area contributed by atoms with Crippen LogP contribution in [-0.2, 0) is 0 Å².